The first kappa shape index (κ1) is 14.1. The van der Waals surface area contributed by atoms with E-state index in [2.05, 4.69) is 27.8 Å². The fraction of sp³-hybridized carbons (Fsp3) is 0.429. The van der Waals surface area contributed by atoms with E-state index in [1.54, 1.807) is 12.1 Å². The van der Waals surface area contributed by atoms with E-state index in [1.807, 2.05) is 6.07 Å². The molecule has 19 heavy (non-hydrogen) atoms. The molecule has 1 amide bonds. The summed E-state index contributed by atoms with van der Waals surface area (Å²) in [4.78, 5) is 24.3. The van der Waals surface area contributed by atoms with E-state index >= 15 is 0 Å². The van der Waals surface area contributed by atoms with Crippen LogP contribution < -0.4 is 10.6 Å². The quantitative estimate of drug-likeness (QED) is 0.868. The summed E-state index contributed by atoms with van der Waals surface area (Å²) in [5, 5.41) is 0. The molecule has 1 heterocycles. The molecule has 4 nitrogen and oxygen atoms in total. The van der Waals surface area contributed by atoms with Gasteiger partial charge in [-0.3, -0.25) is 9.59 Å². The van der Waals surface area contributed by atoms with Gasteiger partial charge in [-0.05, 0) is 53.9 Å². The normalized spacial score (nSPS) is 23.2. The van der Waals surface area contributed by atoms with Crippen LogP contribution in [0.3, 0.4) is 0 Å². The lowest BCUT2D eigenvalue weighted by Crippen LogP contribution is -2.46. The number of amides is 1. The van der Waals surface area contributed by atoms with E-state index in [1.165, 1.54) is 0 Å². The summed E-state index contributed by atoms with van der Waals surface area (Å²) in [6.07, 6.45) is 2.60. The second-order valence-electron chi connectivity index (χ2n) is 5.01. The standard InChI is InChI=1S/C14H17BrN2O2/c1-9-2-4-11(14(16)19)7-17(9)13-5-3-10(8-18)6-12(13)15/h3,5-6,8-9,11H,2,4,7H2,1H3,(H2,16,19). The lowest BCUT2D eigenvalue weighted by atomic mass is 9.92. The number of piperidine rings is 1. The lowest BCUT2D eigenvalue weighted by molar-refractivity contribution is -0.122. The molecule has 2 atom stereocenters. The zero-order valence-electron chi connectivity index (χ0n) is 10.8. The smallest absolute Gasteiger partial charge is 0.222 e. The summed E-state index contributed by atoms with van der Waals surface area (Å²) in [5.74, 6) is -0.341. The Kier molecular flexibility index (Phi) is 4.24. The van der Waals surface area contributed by atoms with Gasteiger partial charge < -0.3 is 10.6 Å². The predicted molar refractivity (Wildman–Crippen MR) is 78.3 cm³/mol. The van der Waals surface area contributed by atoms with Crippen molar-refractivity contribution >= 4 is 33.8 Å². The molecule has 1 aromatic rings. The summed E-state index contributed by atoms with van der Waals surface area (Å²) < 4.78 is 0.870. The van der Waals surface area contributed by atoms with E-state index < -0.39 is 0 Å². The van der Waals surface area contributed by atoms with Crippen molar-refractivity contribution in [2.24, 2.45) is 11.7 Å². The molecule has 1 aliphatic rings. The third kappa shape index (κ3) is 2.97. The molecule has 0 aromatic heterocycles. The van der Waals surface area contributed by atoms with Gasteiger partial charge in [0.25, 0.3) is 0 Å². The SMILES string of the molecule is CC1CCC(C(N)=O)CN1c1ccc(C=O)cc1Br. The number of hydrogen-bond donors (Lipinski definition) is 1. The Morgan fingerprint density at radius 2 is 2.21 bits per heavy atom. The molecule has 1 fully saturated rings. The molecule has 0 spiro atoms. The monoisotopic (exact) mass is 324 g/mol. The number of aldehydes is 1. The first-order chi connectivity index (χ1) is 9.02. The molecule has 0 aliphatic carbocycles. The van der Waals surface area contributed by atoms with Crippen LogP contribution in [0, 0.1) is 5.92 Å². The highest BCUT2D eigenvalue weighted by molar-refractivity contribution is 9.10. The van der Waals surface area contributed by atoms with Crippen LogP contribution in [0.2, 0.25) is 0 Å². The molecule has 1 aliphatic heterocycles. The first-order valence-corrected chi connectivity index (χ1v) is 7.13. The fourth-order valence-corrected chi connectivity index (χ4v) is 3.13. The average molecular weight is 325 g/mol. The van der Waals surface area contributed by atoms with Crippen LogP contribution in [0.15, 0.2) is 22.7 Å². The zero-order valence-corrected chi connectivity index (χ0v) is 12.4. The highest BCUT2D eigenvalue weighted by Gasteiger charge is 2.29. The summed E-state index contributed by atoms with van der Waals surface area (Å²) in [6.45, 7) is 2.77. The number of carbonyl (C=O) groups excluding carboxylic acids is 2. The molecule has 1 aromatic carbocycles. The molecular weight excluding hydrogens is 308 g/mol. The van der Waals surface area contributed by atoms with E-state index in [0.29, 0.717) is 18.2 Å². The van der Waals surface area contributed by atoms with Crippen LogP contribution >= 0.6 is 15.9 Å². The molecule has 102 valence electrons. The Bertz CT molecular complexity index is 504. The number of anilines is 1. The van der Waals surface area contributed by atoms with Gasteiger partial charge in [-0.25, -0.2) is 0 Å². The molecule has 0 radical (unpaired) electrons. The topological polar surface area (TPSA) is 63.4 Å². The van der Waals surface area contributed by atoms with Crippen LogP contribution in [-0.4, -0.2) is 24.8 Å². The summed E-state index contributed by atoms with van der Waals surface area (Å²) >= 11 is 3.49. The third-order valence-electron chi connectivity index (χ3n) is 3.70. The molecular formula is C14H17BrN2O2. The highest BCUT2D eigenvalue weighted by Crippen LogP contribution is 2.33. The van der Waals surface area contributed by atoms with Crippen molar-refractivity contribution < 1.29 is 9.59 Å². The van der Waals surface area contributed by atoms with Crippen molar-refractivity contribution in [2.45, 2.75) is 25.8 Å². The van der Waals surface area contributed by atoms with Gasteiger partial charge in [-0.1, -0.05) is 0 Å². The minimum absolute atomic E-state index is 0.103. The maximum absolute atomic E-state index is 11.4. The van der Waals surface area contributed by atoms with E-state index in [0.717, 1.165) is 29.3 Å². The minimum atomic E-state index is -0.238. The lowest BCUT2D eigenvalue weighted by Gasteiger charge is -2.39. The van der Waals surface area contributed by atoms with E-state index in [4.69, 9.17) is 5.73 Å². The number of halogens is 1. The average Bonchev–Trinajstić information content (AvgIpc) is 2.39. The van der Waals surface area contributed by atoms with Gasteiger partial charge in [0.1, 0.15) is 6.29 Å². The Hall–Kier alpha value is -1.36. The van der Waals surface area contributed by atoms with Crippen LogP contribution in [0.4, 0.5) is 5.69 Å². The number of primary amides is 1. The van der Waals surface area contributed by atoms with Gasteiger partial charge in [-0.15, -0.1) is 0 Å². The molecule has 0 saturated carbocycles. The molecule has 2 unspecified atom stereocenters. The van der Waals surface area contributed by atoms with Gasteiger partial charge in [0.15, 0.2) is 0 Å². The van der Waals surface area contributed by atoms with Crippen molar-refractivity contribution in [3.63, 3.8) is 0 Å². The summed E-state index contributed by atoms with van der Waals surface area (Å²) in [7, 11) is 0. The largest absolute Gasteiger partial charge is 0.369 e. The van der Waals surface area contributed by atoms with Crippen molar-refractivity contribution in [1.29, 1.82) is 0 Å². The molecule has 2 rings (SSSR count). The number of nitrogens with zero attached hydrogens (tertiary/aromatic N) is 1. The maximum Gasteiger partial charge on any atom is 0.222 e. The van der Waals surface area contributed by atoms with Crippen molar-refractivity contribution in [3.8, 4) is 0 Å². The van der Waals surface area contributed by atoms with E-state index in [9.17, 15) is 9.59 Å². The second kappa shape index (κ2) is 5.74. The van der Waals surface area contributed by atoms with Gasteiger partial charge in [0.05, 0.1) is 11.6 Å². The first-order valence-electron chi connectivity index (χ1n) is 6.33. The van der Waals surface area contributed by atoms with Crippen LogP contribution in [0.25, 0.3) is 0 Å². The molecule has 1 saturated heterocycles. The van der Waals surface area contributed by atoms with Gasteiger partial charge in [0, 0.05) is 22.6 Å². The number of benzene rings is 1. The number of nitrogens with two attached hydrogens (primary N) is 1. The van der Waals surface area contributed by atoms with Crippen molar-refractivity contribution in [1.82, 2.24) is 0 Å². The number of carbonyl (C=O) groups is 2. The number of hydrogen-bond acceptors (Lipinski definition) is 3. The number of rotatable bonds is 3. The molecule has 2 N–H and O–H groups in total. The zero-order chi connectivity index (χ0) is 14.0. The van der Waals surface area contributed by atoms with Gasteiger partial charge >= 0.3 is 0 Å². The van der Waals surface area contributed by atoms with E-state index in [-0.39, 0.29) is 11.8 Å². The van der Waals surface area contributed by atoms with Crippen molar-refractivity contribution in [3.05, 3.63) is 28.2 Å². The highest BCUT2D eigenvalue weighted by atomic mass is 79.9. The maximum atomic E-state index is 11.4. The van der Waals surface area contributed by atoms with Crippen molar-refractivity contribution in [2.75, 3.05) is 11.4 Å². The Balaban J connectivity index is 2.28. The minimum Gasteiger partial charge on any atom is -0.369 e. The Morgan fingerprint density at radius 3 is 2.79 bits per heavy atom. The van der Waals surface area contributed by atoms with Gasteiger partial charge in [0.2, 0.25) is 5.91 Å². The Labute approximate surface area is 121 Å². The fourth-order valence-electron chi connectivity index (χ4n) is 2.50. The predicted octanol–water partition coefficient (Wildman–Crippen LogP) is 2.35. The van der Waals surface area contributed by atoms with Crippen LogP contribution in [-0.2, 0) is 4.79 Å². The Morgan fingerprint density at radius 1 is 1.47 bits per heavy atom. The van der Waals surface area contributed by atoms with Crippen LogP contribution in [0.1, 0.15) is 30.1 Å². The van der Waals surface area contributed by atoms with Crippen LogP contribution in [0.5, 0.6) is 0 Å². The molecule has 0 bridgehead atoms. The van der Waals surface area contributed by atoms with Gasteiger partial charge in [-0.2, -0.15) is 0 Å². The second-order valence-corrected chi connectivity index (χ2v) is 5.86. The molecule has 5 heteroatoms. The third-order valence-corrected chi connectivity index (χ3v) is 4.34. The summed E-state index contributed by atoms with van der Waals surface area (Å²) in [6, 6.07) is 5.85. The summed E-state index contributed by atoms with van der Waals surface area (Å²) in [5.41, 5.74) is 7.05.